The van der Waals surface area contributed by atoms with E-state index >= 15 is 0 Å². The van der Waals surface area contributed by atoms with Crippen molar-refractivity contribution < 1.29 is 0 Å². The van der Waals surface area contributed by atoms with Crippen LogP contribution in [0.15, 0.2) is 48.5 Å². The minimum Gasteiger partial charge on any atom is -0.384 e. The molecule has 0 radical (unpaired) electrons. The summed E-state index contributed by atoms with van der Waals surface area (Å²) in [5, 5.41) is 3.50. The van der Waals surface area contributed by atoms with Crippen LogP contribution in [0.5, 0.6) is 0 Å². The number of benzene rings is 2. The Morgan fingerprint density at radius 1 is 0.950 bits per heavy atom. The van der Waals surface area contributed by atoms with Gasteiger partial charge in [-0.1, -0.05) is 48.0 Å². The average molecular weight is 268 g/mol. The normalized spacial score (nSPS) is 10.8. The van der Waals surface area contributed by atoms with Crippen LogP contribution < -0.4 is 5.32 Å². The maximum absolute atomic E-state index is 3.50. The van der Waals surface area contributed by atoms with E-state index in [0.717, 1.165) is 19.6 Å². The number of rotatable bonds is 6. The van der Waals surface area contributed by atoms with E-state index in [9.17, 15) is 0 Å². The number of nitrogens with one attached hydrogen (secondary N) is 1. The molecule has 2 aromatic rings. The number of para-hydroxylation sites is 1. The van der Waals surface area contributed by atoms with E-state index < -0.39 is 0 Å². The van der Waals surface area contributed by atoms with Crippen molar-refractivity contribution in [1.29, 1.82) is 0 Å². The second-order valence-electron chi connectivity index (χ2n) is 5.47. The van der Waals surface area contributed by atoms with Crippen LogP contribution in [0.4, 0.5) is 5.69 Å². The summed E-state index contributed by atoms with van der Waals surface area (Å²) in [4.78, 5) is 2.34. The highest BCUT2D eigenvalue weighted by Gasteiger charge is 2.01. The number of anilines is 1. The lowest BCUT2D eigenvalue weighted by Gasteiger charge is -2.18. The molecule has 20 heavy (non-hydrogen) atoms. The average Bonchev–Trinajstić information content (AvgIpc) is 2.43. The first kappa shape index (κ1) is 14.6. The van der Waals surface area contributed by atoms with E-state index in [-0.39, 0.29) is 0 Å². The van der Waals surface area contributed by atoms with Crippen molar-refractivity contribution in [3.8, 4) is 0 Å². The molecular weight excluding hydrogens is 244 g/mol. The van der Waals surface area contributed by atoms with Gasteiger partial charge in [-0.25, -0.2) is 0 Å². The van der Waals surface area contributed by atoms with E-state index in [1.807, 2.05) is 0 Å². The molecule has 2 heteroatoms. The molecule has 0 fully saturated rings. The van der Waals surface area contributed by atoms with Gasteiger partial charge in [0.1, 0.15) is 0 Å². The van der Waals surface area contributed by atoms with Crippen LogP contribution in [0.3, 0.4) is 0 Å². The number of hydrogen-bond acceptors (Lipinski definition) is 2. The molecule has 2 rings (SSSR count). The van der Waals surface area contributed by atoms with Gasteiger partial charge in [0.2, 0.25) is 0 Å². The van der Waals surface area contributed by atoms with Crippen LogP contribution in [0.2, 0.25) is 0 Å². The second-order valence-corrected chi connectivity index (χ2v) is 5.47. The fourth-order valence-electron chi connectivity index (χ4n) is 2.24. The molecule has 0 saturated heterocycles. The number of nitrogens with zero attached hydrogens (tertiary/aromatic N) is 1. The van der Waals surface area contributed by atoms with E-state index in [2.05, 4.69) is 79.6 Å². The van der Waals surface area contributed by atoms with E-state index in [1.54, 1.807) is 0 Å². The third-order valence-electron chi connectivity index (χ3n) is 3.53. The Morgan fingerprint density at radius 2 is 1.65 bits per heavy atom. The van der Waals surface area contributed by atoms with Crippen molar-refractivity contribution in [3.63, 3.8) is 0 Å². The van der Waals surface area contributed by atoms with Crippen molar-refractivity contribution >= 4 is 5.69 Å². The summed E-state index contributed by atoms with van der Waals surface area (Å²) in [5.41, 5.74) is 5.22. The Balaban J connectivity index is 1.76. The summed E-state index contributed by atoms with van der Waals surface area (Å²) in [7, 11) is 2.17. The molecule has 0 spiro atoms. The summed E-state index contributed by atoms with van der Waals surface area (Å²) in [5.74, 6) is 0. The van der Waals surface area contributed by atoms with Crippen LogP contribution >= 0.6 is 0 Å². The SMILES string of the molecule is Cc1ccc(CN(C)CCNc2ccccc2C)cc1. The molecule has 0 aliphatic rings. The monoisotopic (exact) mass is 268 g/mol. The molecule has 2 aromatic carbocycles. The number of likely N-dealkylation sites (N-methyl/N-ethyl adjacent to an activating group) is 1. The molecule has 0 aliphatic heterocycles. The van der Waals surface area contributed by atoms with Crippen molar-refractivity contribution in [1.82, 2.24) is 4.90 Å². The molecule has 0 aliphatic carbocycles. The Morgan fingerprint density at radius 3 is 2.35 bits per heavy atom. The van der Waals surface area contributed by atoms with Crippen molar-refractivity contribution in [2.75, 3.05) is 25.5 Å². The summed E-state index contributed by atoms with van der Waals surface area (Å²) < 4.78 is 0. The molecule has 0 amide bonds. The molecule has 0 saturated carbocycles. The van der Waals surface area contributed by atoms with Gasteiger partial charge < -0.3 is 10.2 Å². The Hall–Kier alpha value is -1.80. The minimum atomic E-state index is 0.965. The largest absolute Gasteiger partial charge is 0.384 e. The number of aryl methyl sites for hydroxylation is 2. The van der Waals surface area contributed by atoms with Gasteiger partial charge >= 0.3 is 0 Å². The molecule has 106 valence electrons. The highest BCUT2D eigenvalue weighted by Crippen LogP contribution is 2.12. The highest BCUT2D eigenvalue weighted by atomic mass is 15.1. The quantitative estimate of drug-likeness (QED) is 0.856. The summed E-state index contributed by atoms with van der Waals surface area (Å²) in [6, 6.07) is 17.2. The van der Waals surface area contributed by atoms with Crippen molar-refractivity contribution in [3.05, 3.63) is 65.2 Å². The zero-order valence-corrected chi connectivity index (χ0v) is 12.7. The van der Waals surface area contributed by atoms with Crippen LogP contribution in [0, 0.1) is 13.8 Å². The summed E-state index contributed by atoms with van der Waals surface area (Å²) >= 11 is 0. The lowest BCUT2D eigenvalue weighted by atomic mass is 10.1. The molecule has 0 atom stereocenters. The molecule has 0 aromatic heterocycles. The maximum atomic E-state index is 3.50. The molecule has 0 heterocycles. The molecule has 1 N–H and O–H groups in total. The molecule has 0 bridgehead atoms. The van der Waals surface area contributed by atoms with Crippen LogP contribution in [-0.2, 0) is 6.54 Å². The highest BCUT2D eigenvalue weighted by molar-refractivity contribution is 5.50. The van der Waals surface area contributed by atoms with Gasteiger partial charge in [0.05, 0.1) is 0 Å². The Labute approximate surface area is 122 Å². The van der Waals surface area contributed by atoms with Gasteiger partial charge in [-0.3, -0.25) is 0 Å². The van der Waals surface area contributed by atoms with Crippen LogP contribution in [-0.4, -0.2) is 25.0 Å². The first-order valence-corrected chi connectivity index (χ1v) is 7.19. The second kappa shape index (κ2) is 7.11. The lowest BCUT2D eigenvalue weighted by Crippen LogP contribution is -2.24. The predicted molar refractivity (Wildman–Crippen MR) is 87.2 cm³/mol. The predicted octanol–water partition coefficient (Wildman–Crippen LogP) is 3.85. The van der Waals surface area contributed by atoms with Crippen molar-refractivity contribution in [2.45, 2.75) is 20.4 Å². The van der Waals surface area contributed by atoms with Gasteiger partial charge in [0.25, 0.3) is 0 Å². The Kier molecular flexibility index (Phi) is 5.19. The topological polar surface area (TPSA) is 15.3 Å². The smallest absolute Gasteiger partial charge is 0.0370 e. The minimum absolute atomic E-state index is 0.965. The zero-order chi connectivity index (χ0) is 14.4. The fourth-order valence-corrected chi connectivity index (χ4v) is 2.24. The van der Waals surface area contributed by atoms with Gasteiger partial charge in [-0.15, -0.1) is 0 Å². The van der Waals surface area contributed by atoms with E-state index in [1.165, 1.54) is 22.4 Å². The van der Waals surface area contributed by atoms with Gasteiger partial charge in [-0.2, -0.15) is 0 Å². The fraction of sp³-hybridized carbons (Fsp3) is 0.333. The van der Waals surface area contributed by atoms with E-state index in [0.29, 0.717) is 0 Å². The van der Waals surface area contributed by atoms with E-state index in [4.69, 9.17) is 0 Å². The van der Waals surface area contributed by atoms with Gasteiger partial charge in [0.15, 0.2) is 0 Å². The molecule has 0 unspecified atom stereocenters. The summed E-state index contributed by atoms with van der Waals surface area (Å²) in [6.45, 7) is 7.25. The third-order valence-corrected chi connectivity index (χ3v) is 3.53. The summed E-state index contributed by atoms with van der Waals surface area (Å²) in [6.07, 6.45) is 0. The van der Waals surface area contributed by atoms with Crippen molar-refractivity contribution in [2.24, 2.45) is 0 Å². The lowest BCUT2D eigenvalue weighted by molar-refractivity contribution is 0.340. The van der Waals surface area contributed by atoms with Gasteiger partial charge in [0, 0.05) is 25.3 Å². The zero-order valence-electron chi connectivity index (χ0n) is 12.7. The first-order chi connectivity index (χ1) is 9.65. The molecule has 2 nitrogen and oxygen atoms in total. The maximum Gasteiger partial charge on any atom is 0.0370 e. The standard InChI is InChI=1S/C18H24N2/c1-15-8-10-17(11-9-15)14-20(3)13-12-19-18-7-5-4-6-16(18)2/h4-11,19H,12-14H2,1-3H3. The number of hydrogen-bond donors (Lipinski definition) is 1. The third kappa shape index (κ3) is 4.39. The van der Waals surface area contributed by atoms with Gasteiger partial charge in [-0.05, 0) is 38.1 Å². The first-order valence-electron chi connectivity index (χ1n) is 7.19. The molecular formula is C18H24N2. The Bertz CT molecular complexity index is 531. The van der Waals surface area contributed by atoms with Crippen LogP contribution in [0.1, 0.15) is 16.7 Å². The van der Waals surface area contributed by atoms with Crippen LogP contribution in [0.25, 0.3) is 0 Å².